The van der Waals surface area contributed by atoms with Crippen LogP contribution in [0.15, 0.2) is 78.9 Å². The first kappa shape index (κ1) is 18.4. The summed E-state index contributed by atoms with van der Waals surface area (Å²) in [6.07, 6.45) is 0.672. The minimum Gasteiger partial charge on any atom is -0.457 e. The second-order valence-electron chi connectivity index (χ2n) is 7.14. The van der Waals surface area contributed by atoms with Gasteiger partial charge in [-0.25, -0.2) is 0 Å². The first-order valence-corrected chi connectivity index (χ1v) is 10.2. The van der Waals surface area contributed by atoms with E-state index in [0.29, 0.717) is 11.2 Å². The highest BCUT2D eigenvalue weighted by Crippen LogP contribution is 2.26. The van der Waals surface area contributed by atoms with Gasteiger partial charge in [0.15, 0.2) is 4.77 Å². The SMILES string of the molecule is Cc1[nH]c2ccccc2c1Cc1n[nH]c(=S)n1-c1ccc(Oc2ccccc2)cc1. The summed E-state index contributed by atoms with van der Waals surface area (Å²) in [6.45, 7) is 2.09. The second-order valence-corrected chi connectivity index (χ2v) is 7.53. The van der Waals surface area contributed by atoms with Crippen molar-refractivity contribution >= 4 is 23.1 Å². The van der Waals surface area contributed by atoms with Gasteiger partial charge in [0.2, 0.25) is 0 Å². The van der Waals surface area contributed by atoms with E-state index in [1.807, 2.05) is 65.2 Å². The molecule has 0 atom stereocenters. The number of aryl methyl sites for hydroxylation is 1. The highest BCUT2D eigenvalue weighted by Gasteiger charge is 2.14. The van der Waals surface area contributed by atoms with Crippen molar-refractivity contribution in [3.63, 3.8) is 0 Å². The molecule has 5 rings (SSSR count). The predicted molar refractivity (Wildman–Crippen MR) is 121 cm³/mol. The standard InChI is InChI=1S/C24H20N4OS/c1-16-21(20-9-5-6-10-22(20)25-16)15-23-26-27-24(30)28(23)17-11-13-19(14-12-17)29-18-7-3-2-4-8-18/h2-14,25H,15H2,1H3,(H,27,30). The smallest absolute Gasteiger partial charge is 0.199 e. The Labute approximate surface area is 179 Å². The third-order valence-corrected chi connectivity index (χ3v) is 5.45. The molecule has 0 bridgehead atoms. The number of aromatic nitrogens is 4. The van der Waals surface area contributed by atoms with Gasteiger partial charge >= 0.3 is 0 Å². The molecule has 0 spiro atoms. The van der Waals surface area contributed by atoms with Crippen LogP contribution >= 0.6 is 12.2 Å². The molecule has 2 heterocycles. The molecule has 5 nitrogen and oxygen atoms in total. The first-order chi connectivity index (χ1) is 14.7. The van der Waals surface area contributed by atoms with Crippen molar-refractivity contribution in [2.75, 3.05) is 0 Å². The van der Waals surface area contributed by atoms with E-state index in [1.165, 1.54) is 10.9 Å². The molecule has 0 fully saturated rings. The number of para-hydroxylation sites is 2. The Bertz CT molecular complexity index is 1360. The lowest BCUT2D eigenvalue weighted by Gasteiger charge is -2.09. The highest BCUT2D eigenvalue weighted by molar-refractivity contribution is 7.71. The molecule has 2 aromatic heterocycles. The molecule has 3 aromatic carbocycles. The Morgan fingerprint density at radius 2 is 1.60 bits per heavy atom. The van der Waals surface area contributed by atoms with Crippen LogP contribution in [0.1, 0.15) is 17.1 Å². The molecule has 0 saturated carbocycles. The van der Waals surface area contributed by atoms with Crippen LogP contribution in [0.25, 0.3) is 16.6 Å². The Kier molecular flexibility index (Phi) is 4.69. The minimum atomic E-state index is 0.569. The third-order valence-electron chi connectivity index (χ3n) is 5.18. The van der Waals surface area contributed by atoms with E-state index in [1.54, 1.807) is 0 Å². The molecule has 148 valence electrons. The number of fused-ring (bicyclic) bond motifs is 1. The number of hydrogen-bond donors (Lipinski definition) is 2. The molecular formula is C24H20N4OS. The van der Waals surface area contributed by atoms with Gasteiger partial charge in [0, 0.05) is 28.7 Å². The molecule has 0 unspecified atom stereocenters. The van der Waals surface area contributed by atoms with Gasteiger partial charge in [0.05, 0.1) is 0 Å². The molecule has 0 amide bonds. The number of benzene rings is 3. The van der Waals surface area contributed by atoms with E-state index in [4.69, 9.17) is 17.0 Å². The molecule has 0 aliphatic heterocycles. The largest absolute Gasteiger partial charge is 0.457 e. The summed E-state index contributed by atoms with van der Waals surface area (Å²) in [5.74, 6) is 2.44. The van der Waals surface area contributed by atoms with Crippen LogP contribution in [0.3, 0.4) is 0 Å². The van der Waals surface area contributed by atoms with Crippen molar-refractivity contribution in [1.29, 1.82) is 0 Å². The van der Waals surface area contributed by atoms with Gasteiger partial charge in [0.1, 0.15) is 17.3 Å². The zero-order valence-electron chi connectivity index (χ0n) is 16.4. The Morgan fingerprint density at radius 3 is 2.40 bits per heavy atom. The van der Waals surface area contributed by atoms with E-state index in [-0.39, 0.29) is 0 Å². The Morgan fingerprint density at radius 1 is 0.900 bits per heavy atom. The van der Waals surface area contributed by atoms with Crippen LogP contribution in [0, 0.1) is 11.7 Å². The monoisotopic (exact) mass is 412 g/mol. The van der Waals surface area contributed by atoms with Crippen LogP contribution < -0.4 is 4.74 Å². The van der Waals surface area contributed by atoms with Gasteiger partial charge in [-0.05, 0) is 67.2 Å². The average molecular weight is 413 g/mol. The summed E-state index contributed by atoms with van der Waals surface area (Å²) < 4.78 is 8.44. The fourth-order valence-electron chi connectivity index (χ4n) is 3.72. The molecule has 2 N–H and O–H groups in total. The van der Waals surface area contributed by atoms with E-state index in [0.717, 1.165) is 34.2 Å². The summed E-state index contributed by atoms with van der Waals surface area (Å²) >= 11 is 5.52. The molecule has 0 aliphatic rings. The van der Waals surface area contributed by atoms with Gasteiger partial charge in [-0.1, -0.05) is 36.4 Å². The average Bonchev–Trinajstić information content (AvgIpc) is 3.29. The highest BCUT2D eigenvalue weighted by atomic mass is 32.1. The summed E-state index contributed by atoms with van der Waals surface area (Å²) in [5, 5.41) is 8.66. The molecule has 6 heteroatoms. The topological polar surface area (TPSA) is 58.6 Å². The normalized spacial score (nSPS) is 11.1. The van der Waals surface area contributed by atoms with E-state index in [9.17, 15) is 0 Å². The summed E-state index contributed by atoms with van der Waals surface area (Å²) in [4.78, 5) is 3.45. The number of ether oxygens (including phenoxy) is 1. The van der Waals surface area contributed by atoms with Crippen molar-refractivity contribution in [3.8, 4) is 17.2 Å². The van der Waals surface area contributed by atoms with Gasteiger partial charge < -0.3 is 9.72 Å². The lowest BCUT2D eigenvalue weighted by molar-refractivity contribution is 0.482. The molecule has 30 heavy (non-hydrogen) atoms. The molecule has 0 radical (unpaired) electrons. The van der Waals surface area contributed by atoms with Crippen LogP contribution in [-0.2, 0) is 6.42 Å². The molecule has 5 aromatic rings. The first-order valence-electron chi connectivity index (χ1n) is 9.75. The van der Waals surface area contributed by atoms with Crippen molar-refractivity contribution < 1.29 is 4.74 Å². The maximum Gasteiger partial charge on any atom is 0.199 e. The van der Waals surface area contributed by atoms with Crippen LogP contribution in [0.4, 0.5) is 0 Å². The number of rotatable bonds is 5. The predicted octanol–water partition coefficient (Wildman–Crippen LogP) is 6.10. The zero-order valence-corrected chi connectivity index (χ0v) is 17.2. The number of aromatic amines is 2. The number of nitrogens with zero attached hydrogens (tertiary/aromatic N) is 2. The van der Waals surface area contributed by atoms with Crippen molar-refractivity contribution in [3.05, 3.63) is 101 Å². The van der Waals surface area contributed by atoms with Crippen molar-refractivity contribution in [2.24, 2.45) is 0 Å². The minimum absolute atomic E-state index is 0.569. The maximum atomic E-state index is 5.90. The summed E-state index contributed by atoms with van der Waals surface area (Å²) in [7, 11) is 0. The number of nitrogens with one attached hydrogen (secondary N) is 2. The summed E-state index contributed by atoms with van der Waals surface area (Å²) in [6, 6.07) is 25.9. The Balaban J connectivity index is 1.47. The quantitative estimate of drug-likeness (QED) is 0.343. The van der Waals surface area contributed by atoms with Crippen LogP contribution in [-0.4, -0.2) is 19.7 Å². The van der Waals surface area contributed by atoms with Crippen molar-refractivity contribution in [1.82, 2.24) is 19.7 Å². The van der Waals surface area contributed by atoms with E-state index < -0.39 is 0 Å². The second kappa shape index (κ2) is 7.65. The number of H-pyrrole nitrogens is 2. The lowest BCUT2D eigenvalue weighted by Crippen LogP contribution is -2.03. The van der Waals surface area contributed by atoms with Crippen LogP contribution in [0.5, 0.6) is 11.5 Å². The molecule has 0 aliphatic carbocycles. The fraction of sp³-hybridized carbons (Fsp3) is 0.0833. The lowest BCUT2D eigenvalue weighted by atomic mass is 10.1. The molecular weight excluding hydrogens is 392 g/mol. The van der Waals surface area contributed by atoms with Crippen LogP contribution in [0.2, 0.25) is 0 Å². The summed E-state index contributed by atoms with van der Waals surface area (Å²) in [5.41, 5.74) is 4.45. The Hall–Kier alpha value is -3.64. The van der Waals surface area contributed by atoms with E-state index in [2.05, 4.69) is 40.3 Å². The van der Waals surface area contributed by atoms with Gasteiger partial charge in [0.25, 0.3) is 0 Å². The van der Waals surface area contributed by atoms with Gasteiger partial charge in [-0.2, -0.15) is 5.10 Å². The third kappa shape index (κ3) is 3.42. The zero-order chi connectivity index (χ0) is 20.5. The number of hydrogen-bond acceptors (Lipinski definition) is 3. The van der Waals surface area contributed by atoms with Crippen molar-refractivity contribution in [2.45, 2.75) is 13.3 Å². The molecule has 0 saturated heterocycles. The van der Waals surface area contributed by atoms with Gasteiger partial charge in [-0.15, -0.1) is 0 Å². The maximum absolute atomic E-state index is 5.90. The fourth-order valence-corrected chi connectivity index (χ4v) is 3.98. The van der Waals surface area contributed by atoms with E-state index >= 15 is 0 Å². The van der Waals surface area contributed by atoms with Gasteiger partial charge in [-0.3, -0.25) is 9.67 Å².